The zero-order valence-corrected chi connectivity index (χ0v) is 4.16. The molecule has 0 rings (SSSR count). The second kappa shape index (κ2) is 3.04. The number of aliphatic hydroxyl groups is 1. The van der Waals surface area contributed by atoms with Crippen LogP contribution in [0.5, 0.6) is 0 Å². The molecule has 0 aromatic heterocycles. The minimum absolute atomic E-state index is 0.0398. The molecule has 0 fully saturated rings. The Hall–Kier alpha value is -1.03. The molecule has 0 radical (unpaired) electrons. The summed E-state index contributed by atoms with van der Waals surface area (Å²) in [5, 5.41) is 16.2. The molecule has 0 bridgehead atoms. The lowest BCUT2D eigenvalue weighted by molar-refractivity contribution is -0.135. The maximum atomic E-state index is 9.72. The Morgan fingerprint density at radius 3 is 2.25 bits per heavy atom. The third-order valence-corrected chi connectivity index (χ3v) is 0.530. The van der Waals surface area contributed by atoms with Gasteiger partial charge < -0.3 is 15.9 Å². The Morgan fingerprint density at radius 2 is 2.12 bits per heavy atom. The molecule has 0 aromatic carbocycles. The van der Waals surface area contributed by atoms with Crippen LogP contribution in [0.4, 0.5) is 0 Å². The standard InChI is InChI=1S/C4H7NO3/c5-2-1-3(6)4(7)8/h1,6H,2,5H2,(H,7,8). The van der Waals surface area contributed by atoms with E-state index < -0.39 is 11.7 Å². The molecule has 0 saturated heterocycles. The predicted molar refractivity (Wildman–Crippen MR) is 27.4 cm³/mol. The largest absolute Gasteiger partial charge is 0.502 e. The molecule has 0 aliphatic heterocycles. The quantitative estimate of drug-likeness (QED) is 0.335. The topological polar surface area (TPSA) is 83.5 Å². The highest BCUT2D eigenvalue weighted by Crippen LogP contribution is 1.83. The summed E-state index contributed by atoms with van der Waals surface area (Å²) in [6, 6.07) is 0. The monoisotopic (exact) mass is 117 g/mol. The van der Waals surface area contributed by atoms with E-state index in [4.69, 9.17) is 15.9 Å². The van der Waals surface area contributed by atoms with Crippen LogP contribution in [0.15, 0.2) is 11.8 Å². The van der Waals surface area contributed by atoms with E-state index in [0.717, 1.165) is 6.08 Å². The SMILES string of the molecule is NCC=C(O)C(=O)O. The first-order valence-corrected chi connectivity index (χ1v) is 2.01. The minimum Gasteiger partial charge on any atom is -0.502 e. The van der Waals surface area contributed by atoms with Gasteiger partial charge in [-0.2, -0.15) is 0 Å². The second-order valence-corrected chi connectivity index (χ2v) is 1.13. The van der Waals surface area contributed by atoms with Gasteiger partial charge in [-0.3, -0.25) is 0 Å². The Balaban J connectivity index is 3.80. The number of rotatable bonds is 2. The van der Waals surface area contributed by atoms with Crippen molar-refractivity contribution in [3.8, 4) is 0 Å². The second-order valence-electron chi connectivity index (χ2n) is 1.13. The zero-order chi connectivity index (χ0) is 6.57. The lowest BCUT2D eigenvalue weighted by Crippen LogP contribution is -2.03. The molecule has 0 aromatic rings. The first-order valence-electron chi connectivity index (χ1n) is 2.01. The molecule has 0 unspecified atom stereocenters. The smallest absolute Gasteiger partial charge is 0.370 e. The summed E-state index contributed by atoms with van der Waals surface area (Å²) >= 11 is 0. The number of aliphatic hydroxyl groups excluding tert-OH is 1. The number of aliphatic carboxylic acids is 1. The van der Waals surface area contributed by atoms with Gasteiger partial charge in [0.1, 0.15) is 0 Å². The minimum atomic E-state index is -1.35. The van der Waals surface area contributed by atoms with Crippen LogP contribution < -0.4 is 5.73 Å². The molecule has 0 saturated carbocycles. The number of carbonyl (C=O) groups is 1. The summed E-state index contributed by atoms with van der Waals surface area (Å²) in [5.74, 6) is -2.05. The Kier molecular flexibility index (Phi) is 2.64. The number of hydrogen-bond acceptors (Lipinski definition) is 3. The van der Waals surface area contributed by atoms with Crippen LogP contribution >= 0.6 is 0 Å². The van der Waals surface area contributed by atoms with Crippen LogP contribution in [0, 0.1) is 0 Å². The van der Waals surface area contributed by atoms with Crippen molar-refractivity contribution < 1.29 is 15.0 Å². The third kappa shape index (κ3) is 2.20. The average molecular weight is 117 g/mol. The normalized spacial score (nSPS) is 11.4. The van der Waals surface area contributed by atoms with Gasteiger partial charge in [0.25, 0.3) is 0 Å². The molecule has 0 heterocycles. The third-order valence-electron chi connectivity index (χ3n) is 0.530. The summed E-state index contributed by atoms with van der Waals surface area (Å²) in [7, 11) is 0. The fourth-order valence-corrected chi connectivity index (χ4v) is 0.199. The van der Waals surface area contributed by atoms with Crippen LogP contribution in [0.2, 0.25) is 0 Å². The van der Waals surface area contributed by atoms with Crippen molar-refractivity contribution in [2.24, 2.45) is 5.73 Å². The van der Waals surface area contributed by atoms with Crippen molar-refractivity contribution in [1.82, 2.24) is 0 Å². The van der Waals surface area contributed by atoms with Gasteiger partial charge in [0.15, 0.2) is 5.76 Å². The van der Waals surface area contributed by atoms with Crippen molar-refractivity contribution in [1.29, 1.82) is 0 Å². The number of carboxylic acid groups (broad SMARTS) is 1. The summed E-state index contributed by atoms with van der Waals surface area (Å²) in [5.41, 5.74) is 4.87. The molecule has 8 heavy (non-hydrogen) atoms. The zero-order valence-electron chi connectivity index (χ0n) is 4.16. The Morgan fingerprint density at radius 1 is 1.62 bits per heavy atom. The van der Waals surface area contributed by atoms with Crippen LogP contribution in [-0.2, 0) is 4.79 Å². The Bertz CT molecular complexity index is 118. The molecule has 4 nitrogen and oxygen atoms in total. The number of hydrogen-bond donors (Lipinski definition) is 3. The highest BCUT2D eigenvalue weighted by atomic mass is 16.4. The number of nitrogens with two attached hydrogens (primary N) is 1. The molecular weight excluding hydrogens is 110 g/mol. The molecule has 4 heteroatoms. The predicted octanol–water partition coefficient (Wildman–Crippen LogP) is -0.528. The van der Waals surface area contributed by atoms with E-state index in [1.807, 2.05) is 0 Å². The van der Waals surface area contributed by atoms with Crippen LogP contribution in [-0.4, -0.2) is 22.7 Å². The fourth-order valence-electron chi connectivity index (χ4n) is 0.199. The van der Waals surface area contributed by atoms with Gasteiger partial charge >= 0.3 is 5.97 Å². The van der Waals surface area contributed by atoms with Gasteiger partial charge in [-0.1, -0.05) is 0 Å². The lowest BCUT2D eigenvalue weighted by atomic mass is 10.4. The molecule has 0 aliphatic rings. The van der Waals surface area contributed by atoms with E-state index in [0.29, 0.717) is 0 Å². The maximum absolute atomic E-state index is 9.72. The van der Waals surface area contributed by atoms with Crippen LogP contribution in [0.1, 0.15) is 0 Å². The van der Waals surface area contributed by atoms with Gasteiger partial charge in [0.2, 0.25) is 0 Å². The molecule has 0 amide bonds. The van der Waals surface area contributed by atoms with Crippen molar-refractivity contribution in [2.75, 3.05) is 6.54 Å². The Labute approximate surface area is 46.2 Å². The van der Waals surface area contributed by atoms with E-state index in [-0.39, 0.29) is 6.54 Å². The first kappa shape index (κ1) is 6.97. The van der Waals surface area contributed by atoms with Gasteiger partial charge in [-0.05, 0) is 6.08 Å². The number of carboxylic acids is 1. The average Bonchev–Trinajstić information content (AvgIpc) is 1.67. The summed E-state index contributed by atoms with van der Waals surface area (Å²) in [6.07, 6.45) is 1.02. The fraction of sp³-hybridized carbons (Fsp3) is 0.250. The van der Waals surface area contributed by atoms with E-state index in [1.54, 1.807) is 0 Å². The van der Waals surface area contributed by atoms with E-state index in [2.05, 4.69) is 0 Å². The molecule has 4 N–H and O–H groups in total. The highest BCUT2D eigenvalue weighted by Gasteiger charge is 1.99. The maximum Gasteiger partial charge on any atom is 0.370 e. The van der Waals surface area contributed by atoms with Crippen molar-refractivity contribution in [3.63, 3.8) is 0 Å². The van der Waals surface area contributed by atoms with Crippen LogP contribution in [0.25, 0.3) is 0 Å². The van der Waals surface area contributed by atoms with Crippen molar-refractivity contribution in [2.45, 2.75) is 0 Å². The van der Waals surface area contributed by atoms with Gasteiger partial charge in [-0.15, -0.1) is 0 Å². The van der Waals surface area contributed by atoms with Gasteiger partial charge in [0.05, 0.1) is 0 Å². The van der Waals surface area contributed by atoms with Gasteiger partial charge in [-0.25, -0.2) is 4.79 Å². The van der Waals surface area contributed by atoms with Gasteiger partial charge in [0, 0.05) is 6.54 Å². The summed E-state index contributed by atoms with van der Waals surface area (Å²) in [6.45, 7) is 0.0398. The summed E-state index contributed by atoms with van der Waals surface area (Å²) in [4.78, 5) is 9.72. The highest BCUT2D eigenvalue weighted by molar-refractivity contribution is 5.83. The van der Waals surface area contributed by atoms with E-state index >= 15 is 0 Å². The molecule has 0 atom stereocenters. The van der Waals surface area contributed by atoms with Crippen LogP contribution in [0.3, 0.4) is 0 Å². The molecule has 0 spiro atoms. The van der Waals surface area contributed by atoms with Crippen molar-refractivity contribution in [3.05, 3.63) is 11.8 Å². The molecule has 0 aliphatic carbocycles. The summed E-state index contributed by atoms with van der Waals surface area (Å²) < 4.78 is 0. The van der Waals surface area contributed by atoms with Crippen molar-refractivity contribution >= 4 is 5.97 Å². The molecule has 46 valence electrons. The van der Waals surface area contributed by atoms with E-state index in [9.17, 15) is 4.79 Å². The lowest BCUT2D eigenvalue weighted by Gasteiger charge is -1.86. The first-order chi connectivity index (χ1) is 3.68. The molecular formula is C4H7NO3. The van der Waals surface area contributed by atoms with E-state index in [1.165, 1.54) is 0 Å².